The molecule has 4 aliphatic heterocycles. The summed E-state index contributed by atoms with van der Waals surface area (Å²) in [5.41, 5.74) is 19.6. The van der Waals surface area contributed by atoms with E-state index in [9.17, 15) is 0 Å². The monoisotopic (exact) mass is 1810 g/mol. The Bertz CT molecular complexity index is 5540. The Morgan fingerprint density at radius 3 is 0.930 bits per heavy atom. The maximum Gasteiger partial charge on any atom is 0.227 e. The summed E-state index contributed by atoms with van der Waals surface area (Å²) in [4.78, 5) is 61.4. The average Bonchev–Trinajstić information content (AvgIpc) is 0.723. The van der Waals surface area contributed by atoms with Crippen molar-refractivity contribution in [3.63, 3.8) is 0 Å². The number of alkyl halides is 1. The Balaban J connectivity index is 0.000000154. The van der Waals surface area contributed by atoms with Gasteiger partial charge in [-0.25, -0.2) is 19.9 Å². The van der Waals surface area contributed by atoms with Crippen LogP contribution in [0, 0.1) is 0 Å². The van der Waals surface area contributed by atoms with Gasteiger partial charge in [-0.3, -0.25) is 0 Å². The van der Waals surface area contributed by atoms with Gasteiger partial charge in [0.15, 0.2) is 0 Å². The van der Waals surface area contributed by atoms with Crippen molar-refractivity contribution in [3.8, 4) is 23.0 Å². The molecule has 3 N–H and O–H groups in total. The van der Waals surface area contributed by atoms with E-state index >= 15 is 0 Å². The van der Waals surface area contributed by atoms with Gasteiger partial charge < -0.3 is 79.0 Å². The quantitative estimate of drug-likeness (QED) is 0.0345. The molecule has 0 bridgehead atoms. The van der Waals surface area contributed by atoms with Gasteiger partial charge in [-0.2, -0.15) is 19.9 Å². The number of methoxy groups -OCH3 is 4. The minimum atomic E-state index is 0.499. The molecule has 4 saturated heterocycles. The lowest BCUT2D eigenvalue weighted by Gasteiger charge is -2.34. The highest BCUT2D eigenvalue weighted by atomic mass is 79.9. The summed E-state index contributed by atoms with van der Waals surface area (Å²) in [6, 6.07) is 59.2. The van der Waals surface area contributed by atoms with Crippen LogP contribution in [0.3, 0.4) is 0 Å². The van der Waals surface area contributed by atoms with E-state index < -0.39 is 0 Å². The molecule has 8 heterocycles. The Morgan fingerprint density at radius 2 is 0.628 bits per heavy atom. The van der Waals surface area contributed by atoms with Crippen LogP contribution in [0.15, 0.2) is 170 Å². The van der Waals surface area contributed by atoms with Crippen LogP contribution in [0.4, 0.5) is 69.8 Å². The fourth-order valence-corrected chi connectivity index (χ4v) is 18.0. The first-order valence-corrected chi connectivity index (χ1v) is 47.8. The largest absolute Gasteiger partial charge is 0.496 e. The highest BCUT2D eigenvalue weighted by Crippen LogP contribution is 2.44. The summed E-state index contributed by atoms with van der Waals surface area (Å²) < 4.78 is 22.4. The standard InChI is InChI=1S/C28H39N5O.C26H35N5O.C25H33N5O.C22H27N5O.C3H7Br/c1-6-16-32(17-7-2)22-12-13-25-24(20-22)27(30-28(29-25)31(3)4)33-18-14-21(15-19-33)23-10-8-9-11-26(23)34-5;1-6-15-30(4)20-11-12-23-22(18-20)25(28-26(27-23)29(2)3)31-16-13-19(14-17-31)21-9-7-8-10-24(21)32-5;1-5-14-26-19-10-11-22-21(17-19)24(28-25(27-22)29(2)3)30-15-12-18(13-16-30)20-8-6-7-9-23(20)31-4;1-26(2)22-24-19-9-8-16(23)14-18(19)21(25-22)27-12-10-15(11-13-27)17-6-4-5-7-20(17)28-3;1-2-3-4/h8-13,20-21H,6-7,14-19H2,1-5H3;7-12,18-19H,6,13-17H2,1-5H3;6-11,17-18,26H,5,12-16H2,1-4H3;4-9,14-15H,10-13,23H2,1-3H3;2-3H2,1H3. The molecule has 16 rings (SSSR count). The van der Waals surface area contributed by atoms with Gasteiger partial charge in [-0.1, -0.05) is 123 Å². The van der Waals surface area contributed by atoms with Gasteiger partial charge in [0.05, 0.1) is 50.5 Å². The van der Waals surface area contributed by atoms with Crippen LogP contribution in [-0.4, -0.2) is 216 Å². The number of aromatic nitrogens is 8. The van der Waals surface area contributed by atoms with Crippen molar-refractivity contribution in [1.82, 2.24) is 39.9 Å². The first-order chi connectivity index (χ1) is 62.6. The highest BCUT2D eigenvalue weighted by molar-refractivity contribution is 9.09. The lowest BCUT2D eigenvalue weighted by molar-refractivity contribution is 0.397. The Kier molecular flexibility index (Phi) is 35.2. The number of benzene rings is 8. The fraction of sp³-hybridized carbons (Fsp3) is 0.462. The summed E-state index contributed by atoms with van der Waals surface area (Å²) >= 11 is 3.25. The maximum absolute atomic E-state index is 6.05. The smallest absolute Gasteiger partial charge is 0.227 e. The Hall–Kier alpha value is -11.6. The second-order valence-electron chi connectivity index (χ2n) is 34.9. The number of nitrogens with one attached hydrogen (secondary N) is 1. The lowest BCUT2D eigenvalue weighted by Crippen LogP contribution is -2.34. The minimum Gasteiger partial charge on any atom is -0.496 e. The van der Waals surface area contributed by atoms with E-state index in [-0.39, 0.29) is 0 Å². The lowest BCUT2D eigenvalue weighted by atomic mass is 9.88. The number of nitrogens with two attached hydrogens (primary N) is 1. The Labute approximate surface area is 776 Å². The van der Waals surface area contributed by atoms with Gasteiger partial charge in [0.2, 0.25) is 23.8 Å². The number of nitrogens with zero attached hydrogens (tertiary/aromatic N) is 18. The third-order valence-electron chi connectivity index (χ3n) is 24.9. The van der Waals surface area contributed by atoms with Crippen molar-refractivity contribution in [3.05, 3.63) is 192 Å². The number of para-hydroxylation sites is 4. The van der Waals surface area contributed by atoms with Crippen molar-refractivity contribution < 1.29 is 18.9 Å². The van der Waals surface area contributed by atoms with E-state index in [1.54, 1.807) is 28.4 Å². The van der Waals surface area contributed by atoms with Crippen molar-refractivity contribution >= 4 is 129 Å². The molecular weight excluding hydrogens is 1670 g/mol. The molecule has 12 aromatic rings. The first kappa shape index (κ1) is 96.5. The number of halogens is 1. The molecule has 0 unspecified atom stereocenters. The van der Waals surface area contributed by atoms with E-state index in [1.807, 2.05) is 125 Å². The van der Waals surface area contributed by atoms with E-state index in [4.69, 9.17) is 59.6 Å². The van der Waals surface area contributed by atoms with E-state index in [2.05, 4.69) is 219 Å². The van der Waals surface area contributed by atoms with Crippen LogP contribution in [0.25, 0.3) is 43.6 Å². The van der Waals surface area contributed by atoms with Crippen LogP contribution in [-0.2, 0) is 0 Å². The van der Waals surface area contributed by atoms with Crippen LogP contribution in [0.2, 0.25) is 0 Å². The molecule has 129 heavy (non-hydrogen) atoms. The highest BCUT2D eigenvalue weighted by Gasteiger charge is 2.32. The van der Waals surface area contributed by atoms with E-state index in [1.165, 1.54) is 40.0 Å². The summed E-state index contributed by atoms with van der Waals surface area (Å²) in [5.74, 6) is 13.1. The summed E-state index contributed by atoms with van der Waals surface area (Å²) in [7, 11) is 25.1. The zero-order valence-electron chi connectivity index (χ0n) is 80.0. The topological polar surface area (TPSA) is 210 Å². The number of hydrogen-bond donors (Lipinski definition) is 2. The molecule has 4 fully saturated rings. The molecule has 4 aromatic heterocycles. The van der Waals surface area contributed by atoms with Crippen molar-refractivity contribution in [2.45, 2.75) is 142 Å². The third-order valence-corrected chi connectivity index (χ3v) is 25.7. The van der Waals surface area contributed by atoms with E-state index in [0.29, 0.717) is 23.7 Å². The summed E-state index contributed by atoms with van der Waals surface area (Å²) in [6.07, 6.45) is 14.3. The molecule has 0 spiro atoms. The van der Waals surface area contributed by atoms with Crippen LogP contribution >= 0.6 is 15.9 Å². The predicted octanol–water partition coefficient (Wildman–Crippen LogP) is 21.0. The molecule has 25 heteroatoms. The molecule has 0 radical (unpaired) electrons. The SMILES string of the molecule is CCCBr.CCCN(C)c1ccc2nc(N(C)C)nc(N3CCC(c4ccccc4OC)CC3)c2c1.CCCN(CCC)c1ccc2nc(N(C)C)nc(N3CCC(c4ccccc4OC)CC3)c2c1.CCCNc1ccc2nc(N(C)C)nc(N3CCC(c4ccccc4OC)CC3)c2c1.COc1ccccc1C1CCN(c2nc(N(C)C)nc3ccc(N)cc23)CC1. The Morgan fingerprint density at radius 1 is 0.341 bits per heavy atom. The minimum absolute atomic E-state index is 0.499. The van der Waals surface area contributed by atoms with Crippen LogP contribution in [0.5, 0.6) is 23.0 Å². The normalized spacial score (nSPS) is 14.4. The van der Waals surface area contributed by atoms with Crippen LogP contribution in [0.1, 0.15) is 164 Å². The number of rotatable bonds is 28. The zero-order valence-corrected chi connectivity index (χ0v) is 81.6. The number of fused-ring (bicyclic) bond motifs is 4. The molecule has 0 saturated carbocycles. The van der Waals surface area contributed by atoms with Crippen molar-refractivity contribution in [1.29, 1.82) is 0 Å². The second kappa shape index (κ2) is 47.1. The molecule has 8 aromatic carbocycles. The van der Waals surface area contributed by atoms with Crippen molar-refractivity contribution in [2.24, 2.45) is 0 Å². The predicted molar refractivity (Wildman–Crippen MR) is 548 cm³/mol. The van der Waals surface area contributed by atoms with Gasteiger partial charge in [-0.15, -0.1) is 0 Å². The number of ether oxygens (including phenoxy) is 4. The molecular formula is C104H141BrN20O4. The summed E-state index contributed by atoms with van der Waals surface area (Å²) in [5, 5.41) is 9.04. The fourth-order valence-electron chi connectivity index (χ4n) is 18.0. The van der Waals surface area contributed by atoms with Crippen LogP contribution < -0.4 is 79.0 Å². The molecule has 0 atom stereocenters. The number of hydrogen-bond acceptors (Lipinski definition) is 24. The molecule has 4 aliphatic rings. The molecule has 688 valence electrons. The van der Waals surface area contributed by atoms with Gasteiger partial charge in [0.1, 0.15) is 46.3 Å². The van der Waals surface area contributed by atoms with Gasteiger partial charge >= 0.3 is 0 Å². The summed E-state index contributed by atoms with van der Waals surface area (Å²) in [6.45, 7) is 22.8. The first-order valence-electron chi connectivity index (χ1n) is 46.6. The van der Waals surface area contributed by atoms with Gasteiger partial charge in [0.25, 0.3) is 0 Å². The molecule has 0 aliphatic carbocycles. The number of anilines is 12. The second-order valence-corrected chi connectivity index (χ2v) is 35.7. The third kappa shape index (κ3) is 24.3. The maximum atomic E-state index is 6.05. The number of nitrogen functional groups attached to an aromatic ring is 1. The van der Waals surface area contributed by atoms with Gasteiger partial charge in [-0.05, 0) is 226 Å². The number of piperidine rings is 4. The van der Waals surface area contributed by atoms with E-state index in [0.717, 1.165) is 286 Å². The molecule has 0 amide bonds. The molecule has 24 nitrogen and oxygen atoms in total. The van der Waals surface area contributed by atoms with Crippen molar-refractivity contribution in [2.75, 3.05) is 236 Å². The van der Waals surface area contributed by atoms with Gasteiger partial charge in [0, 0.05) is 192 Å². The average molecular weight is 1820 g/mol. The zero-order chi connectivity index (χ0) is 91.6.